The van der Waals surface area contributed by atoms with Gasteiger partial charge in [0, 0.05) is 24.8 Å². The minimum Gasteiger partial charge on any atom is -0.389 e. The number of benzene rings is 1. The van der Waals surface area contributed by atoms with Gasteiger partial charge in [0.1, 0.15) is 5.82 Å². The Morgan fingerprint density at radius 1 is 1.56 bits per heavy atom. The van der Waals surface area contributed by atoms with Gasteiger partial charge in [0.25, 0.3) is 0 Å². The Hall–Kier alpha value is -1.60. The smallest absolute Gasteiger partial charge is 0.131 e. The lowest BCUT2D eigenvalue weighted by molar-refractivity contribution is 0.194. The van der Waals surface area contributed by atoms with E-state index in [0.29, 0.717) is 18.7 Å². The minimum atomic E-state index is -0.860. The molecule has 1 aromatic rings. The van der Waals surface area contributed by atoms with Crippen LogP contribution in [0.25, 0.3) is 0 Å². The topological polar surface area (TPSA) is 47.3 Å². The normalized spacial score (nSPS) is 11.9. The number of nitrogens with zero attached hydrogens (tertiary/aromatic N) is 2. The van der Waals surface area contributed by atoms with Crippen LogP contribution < -0.4 is 4.90 Å². The van der Waals surface area contributed by atoms with Crippen LogP contribution in [0.3, 0.4) is 0 Å². The number of hydrogen-bond donors (Lipinski definition) is 1. The van der Waals surface area contributed by atoms with Crippen molar-refractivity contribution in [1.82, 2.24) is 0 Å². The second-order valence-electron chi connectivity index (χ2n) is 3.68. The second-order valence-corrected chi connectivity index (χ2v) is 3.68. The molecule has 1 N–H and O–H groups in total. The van der Waals surface area contributed by atoms with E-state index in [2.05, 4.69) is 0 Å². The summed E-state index contributed by atoms with van der Waals surface area (Å²) in [6, 6.07) is 6.69. The third kappa shape index (κ3) is 2.71. The van der Waals surface area contributed by atoms with Crippen LogP contribution in [0.1, 0.15) is 25.0 Å². The molecule has 0 aliphatic carbocycles. The summed E-state index contributed by atoms with van der Waals surface area (Å²) in [6.07, 6.45) is -0.493. The summed E-state index contributed by atoms with van der Waals surface area (Å²) < 4.78 is 13.5. The van der Waals surface area contributed by atoms with E-state index in [4.69, 9.17) is 5.26 Å². The van der Waals surface area contributed by atoms with Crippen LogP contribution in [0.2, 0.25) is 0 Å². The molecule has 0 aliphatic rings. The number of halogens is 1. The second kappa shape index (κ2) is 5.47. The van der Waals surface area contributed by atoms with Gasteiger partial charge in [0.05, 0.1) is 18.6 Å². The van der Waals surface area contributed by atoms with Crippen molar-refractivity contribution >= 4 is 5.69 Å². The van der Waals surface area contributed by atoms with E-state index < -0.39 is 11.9 Å². The molecule has 0 radical (unpaired) electrons. The summed E-state index contributed by atoms with van der Waals surface area (Å²) in [6.45, 7) is 2.04. The highest BCUT2D eigenvalue weighted by Crippen LogP contribution is 2.28. The SMILES string of the molecule is C[C@@H](O)c1c(F)cccc1N(C)CCC#N. The standard InChI is InChI=1S/C12H15FN2O/c1-9(16)12-10(13)5-3-6-11(12)15(2)8-4-7-14/h3,5-6,9,16H,4,8H2,1-2H3/t9-/m1/s1. The van der Waals surface area contributed by atoms with Gasteiger partial charge in [0.2, 0.25) is 0 Å². The molecule has 0 fully saturated rings. The van der Waals surface area contributed by atoms with Crippen LogP contribution in [0.5, 0.6) is 0 Å². The number of anilines is 1. The number of hydrogen-bond acceptors (Lipinski definition) is 3. The Kier molecular flexibility index (Phi) is 4.27. The van der Waals surface area contributed by atoms with E-state index in [1.165, 1.54) is 13.0 Å². The average Bonchev–Trinajstić information content (AvgIpc) is 2.24. The first-order chi connectivity index (χ1) is 7.57. The summed E-state index contributed by atoms with van der Waals surface area (Å²) in [4.78, 5) is 1.77. The van der Waals surface area contributed by atoms with Gasteiger partial charge in [0.15, 0.2) is 0 Å². The number of aliphatic hydroxyl groups excluding tert-OH is 1. The highest BCUT2D eigenvalue weighted by atomic mass is 19.1. The molecule has 0 amide bonds. The highest BCUT2D eigenvalue weighted by Gasteiger charge is 2.15. The van der Waals surface area contributed by atoms with E-state index in [9.17, 15) is 9.50 Å². The van der Waals surface area contributed by atoms with Gasteiger partial charge in [-0.1, -0.05) is 6.07 Å². The monoisotopic (exact) mass is 222 g/mol. The van der Waals surface area contributed by atoms with Crippen molar-refractivity contribution in [2.24, 2.45) is 0 Å². The van der Waals surface area contributed by atoms with Crippen molar-refractivity contribution < 1.29 is 9.50 Å². The molecule has 0 bridgehead atoms. The van der Waals surface area contributed by atoms with Gasteiger partial charge < -0.3 is 10.0 Å². The molecule has 16 heavy (non-hydrogen) atoms. The van der Waals surface area contributed by atoms with Gasteiger partial charge >= 0.3 is 0 Å². The molecule has 0 saturated carbocycles. The number of aliphatic hydroxyl groups is 1. The predicted octanol–water partition coefficient (Wildman–Crippen LogP) is 2.23. The molecular formula is C12H15FN2O. The third-order valence-electron chi connectivity index (χ3n) is 2.42. The van der Waals surface area contributed by atoms with E-state index in [-0.39, 0.29) is 5.56 Å². The Morgan fingerprint density at radius 3 is 2.81 bits per heavy atom. The summed E-state index contributed by atoms with van der Waals surface area (Å²) >= 11 is 0. The fourth-order valence-electron chi connectivity index (χ4n) is 1.61. The third-order valence-corrected chi connectivity index (χ3v) is 2.42. The Balaban J connectivity index is 3.03. The lowest BCUT2D eigenvalue weighted by atomic mass is 10.1. The fourth-order valence-corrected chi connectivity index (χ4v) is 1.61. The quantitative estimate of drug-likeness (QED) is 0.849. The predicted molar refractivity (Wildman–Crippen MR) is 60.5 cm³/mol. The van der Waals surface area contributed by atoms with Gasteiger partial charge in [-0.2, -0.15) is 5.26 Å². The van der Waals surface area contributed by atoms with Crippen LogP contribution in [0, 0.1) is 17.1 Å². The molecule has 3 nitrogen and oxygen atoms in total. The molecule has 4 heteroatoms. The molecule has 86 valence electrons. The van der Waals surface area contributed by atoms with Crippen molar-refractivity contribution in [3.8, 4) is 6.07 Å². The molecular weight excluding hydrogens is 207 g/mol. The van der Waals surface area contributed by atoms with Gasteiger partial charge in [-0.05, 0) is 19.1 Å². The maximum Gasteiger partial charge on any atom is 0.131 e. The molecule has 0 saturated heterocycles. The number of rotatable bonds is 4. The Bertz CT molecular complexity index is 398. The van der Waals surface area contributed by atoms with Crippen LogP contribution in [0.4, 0.5) is 10.1 Å². The van der Waals surface area contributed by atoms with Crippen LogP contribution in [0.15, 0.2) is 18.2 Å². The van der Waals surface area contributed by atoms with Crippen LogP contribution in [-0.2, 0) is 0 Å². The van der Waals surface area contributed by atoms with Crippen molar-refractivity contribution in [3.05, 3.63) is 29.6 Å². The van der Waals surface area contributed by atoms with Gasteiger partial charge in [-0.3, -0.25) is 0 Å². The maximum atomic E-state index is 13.5. The van der Waals surface area contributed by atoms with E-state index >= 15 is 0 Å². The molecule has 0 aromatic heterocycles. The average molecular weight is 222 g/mol. The van der Waals surface area contributed by atoms with Crippen molar-refractivity contribution in [3.63, 3.8) is 0 Å². The summed E-state index contributed by atoms with van der Waals surface area (Å²) in [5.74, 6) is -0.420. The number of nitriles is 1. The Labute approximate surface area is 94.7 Å². The maximum absolute atomic E-state index is 13.5. The fraction of sp³-hybridized carbons (Fsp3) is 0.417. The molecule has 1 atom stereocenters. The summed E-state index contributed by atoms with van der Waals surface area (Å²) in [7, 11) is 1.78. The van der Waals surface area contributed by atoms with E-state index in [1.54, 1.807) is 24.1 Å². The van der Waals surface area contributed by atoms with E-state index in [0.717, 1.165) is 0 Å². The lowest BCUT2D eigenvalue weighted by Gasteiger charge is -2.22. The molecule has 0 aliphatic heterocycles. The minimum absolute atomic E-state index is 0.280. The Morgan fingerprint density at radius 2 is 2.25 bits per heavy atom. The first-order valence-corrected chi connectivity index (χ1v) is 5.12. The zero-order valence-electron chi connectivity index (χ0n) is 9.44. The first kappa shape index (κ1) is 12.5. The molecule has 1 rings (SSSR count). The van der Waals surface area contributed by atoms with Gasteiger partial charge in [-0.25, -0.2) is 4.39 Å². The van der Waals surface area contributed by atoms with Crippen molar-refractivity contribution in [2.75, 3.05) is 18.5 Å². The zero-order chi connectivity index (χ0) is 12.1. The molecule has 0 spiro atoms. The largest absolute Gasteiger partial charge is 0.389 e. The molecule has 0 heterocycles. The molecule has 1 aromatic carbocycles. The van der Waals surface area contributed by atoms with Gasteiger partial charge in [-0.15, -0.1) is 0 Å². The highest BCUT2D eigenvalue weighted by molar-refractivity contribution is 5.54. The zero-order valence-corrected chi connectivity index (χ0v) is 9.44. The van der Waals surface area contributed by atoms with Crippen molar-refractivity contribution in [1.29, 1.82) is 5.26 Å². The summed E-state index contributed by atoms with van der Waals surface area (Å²) in [5, 5.41) is 18.0. The van der Waals surface area contributed by atoms with Crippen LogP contribution >= 0.6 is 0 Å². The summed E-state index contributed by atoms with van der Waals surface area (Å²) in [5.41, 5.74) is 0.910. The first-order valence-electron chi connectivity index (χ1n) is 5.12. The lowest BCUT2D eigenvalue weighted by Crippen LogP contribution is -2.20. The van der Waals surface area contributed by atoms with E-state index in [1.807, 2.05) is 6.07 Å². The van der Waals surface area contributed by atoms with Crippen LogP contribution in [-0.4, -0.2) is 18.7 Å². The molecule has 0 unspecified atom stereocenters. The van der Waals surface area contributed by atoms with Crippen molar-refractivity contribution in [2.45, 2.75) is 19.4 Å².